The number of Topliss-reactive ketones (excluding diaryl/α,β-unsaturated/α-hetero) is 1. The molecule has 82 valence electrons. The molecule has 0 radical (unpaired) electrons. The van der Waals surface area contributed by atoms with E-state index in [9.17, 15) is 23.1 Å². The summed E-state index contributed by atoms with van der Waals surface area (Å²) in [5.41, 5.74) is -1.50. The number of carbonyl (C=O) groups excluding carboxylic acids is 1. The zero-order valence-corrected chi connectivity index (χ0v) is 8.28. The largest absolute Gasteiger partial charge is 0.506 e. The number of rotatable bonds is 1. The standard InChI is InChI=1S/C9H6ClF3O2/c1-4(14)6-2-5(9(11,12)13)3-7(10)8(6)15/h2-3,15H,1H3. The number of aromatic hydroxyl groups is 1. The van der Waals surface area contributed by atoms with E-state index in [2.05, 4.69) is 0 Å². The molecule has 6 heteroatoms. The van der Waals surface area contributed by atoms with Crippen LogP contribution in [0.3, 0.4) is 0 Å². The second kappa shape index (κ2) is 3.73. The maximum Gasteiger partial charge on any atom is 0.416 e. The van der Waals surface area contributed by atoms with Gasteiger partial charge in [-0.05, 0) is 19.1 Å². The second-order valence-corrected chi connectivity index (χ2v) is 3.32. The number of hydrogen-bond acceptors (Lipinski definition) is 2. The third-order valence-electron chi connectivity index (χ3n) is 1.77. The summed E-state index contributed by atoms with van der Waals surface area (Å²) in [4.78, 5) is 10.9. The predicted octanol–water partition coefficient (Wildman–Crippen LogP) is 3.27. The lowest BCUT2D eigenvalue weighted by Gasteiger charge is -2.10. The van der Waals surface area contributed by atoms with Crippen LogP contribution in [0.15, 0.2) is 12.1 Å². The van der Waals surface area contributed by atoms with Crippen LogP contribution in [0.2, 0.25) is 5.02 Å². The highest BCUT2D eigenvalue weighted by Gasteiger charge is 2.32. The van der Waals surface area contributed by atoms with E-state index in [-0.39, 0.29) is 0 Å². The molecular formula is C9H6ClF3O2. The predicted molar refractivity (Wildman–Crippen MR) is 48.1 cm³/mol. The molecule has 0 amide bonds. The van der Waals surface area contributed by atoms with E-state index >= 15 is 0 Å². The normalized spacial score (nSPS) is 11.5. The second-order valence-electron chi connectivity index (χ2n) is 2.91. The topological polar surface area (TPSA) is 37.3 Å². The average Bonchev–Trinajstić information content (AvgIpc) is 2.06. The SMILES string of the molecule is CC(=O)c1cc(C(F)(F)F)cc(Cl)c1O. The molecule has 1 aromatic carbocycles. The van der Waals surface area contributed by atoms with Gasteiger partial charge in [0.15, 0.2) is 5.78 Å². The highest BCUT2D eigenvalue weighted by atomic mass is 35.5. The third kappa shape index (κ3) is 2.41. The van der Waals surface area contributed by atoms with Gasteiger partial charge in [0.05, 0.1) is 16.1 Å². The zero-order valence-electron chi connectivity index (χ0n) is 7.52. The lowest BCUT2D eigenvalue weighted by molar-refractivity contribution is -0.137. The summed E-state index contributed by atoms with van der Waals surface area (Å²) < 4.78 is 36.9. The first-order valence-corrected chi connectivity index (χ1v) is 4.22. The molecule has 0 aliphatic rings. The average molecular weight is 239 g/mol. The van der Waals surface area contributed by atoms with Crippen LogP contribution in [0.4, 0.5) is 13.2 Å². The Morgan fingerprint density at radius 1 is 1.40 bits per heavy atom. The van der Waals surface area contributed by atoms with Crippen molar-refractivity contribution in [1.82, 2.24) is 0 Å². The molecule has 2 nitrogen and oxygen atoms in total. The van der Waals surface area contributed by atoms with Gasteiger partial charge in [-0.1, -0.05) is 11.6 Å². The minimum Gasteiger partial charge on any atom is -0.506 e. The minimum absolute atomic E-state index is 0.435. The number of ketones is 1. The summed E-state index contributed by atoms with van der Waals surface area (Å²) >= 11 is 5.37. The van der Waals surface area contributed by atoms with Crippen LogP contribution < -0.4 is 0 Å². The van der Waals surface area contributed by atoms with Crippen LogP contribution in [0.25, 0.3) is 0 Å². The molecule has 0 aromatic heterocycles. The van der Waals surface area contributed by atoms with Crippen molar-refractivity contribution >= 4 is 17.4 Å². The van der Waals surface area contributed by atoms with Crippen molar-refractivity contribution in [1.29, 1.82) is 0 Å². The fraction of sp³-hybridized carbons (Fsp3) is 0.222. The minimum atomic E-state index is -4.60. The van der Waals surface area contributed by atoms with E-state index in [1.165, 1.54) is 0 Å². The van der Waals surface area contributed by atoms with Gasteiger partial charge in [-0.3, -0.25) is 4.79 Å². The van der Waals surface area contributed by atoms with Crippen molar-refractivity contribution in [2.45, 2.75) is 13.1 Å². The number of phenols is 1. The molecule has 0 bridgehead atoms. The summed E-state index contributed by atoms with van der Waals surface area (Å²) in [5, 5.41) is 8.75. The Labute approximate surface area is 88.3 Å². The van der Waals surface area contributed by atoms with Gasteiger partial charge in [0.1, 0.15) is 5.75 Å². The highest BCUT2D eigenvalue weighted by molar-refractivity contribution is 6.32. The molecule has 0 spiro atoms. The molecule has 0 saturated heterocycles. The van der Waals surface area contributed by atoms with Crippen LogP contribution in [0.1, 0.15) is 22.8 Å². The maximum absolute atomic E-state index is 12.3. The number of halogens is 4. The fourth-order valence-electron chi connectivity index (χ4n) is 1.03. The van der Waals surface area contributed by atoms with Crippen molar-refractivity contribution in [2.75, 3.05) is 0 Å². The Morgan fingerprint density at radius 3 is 2.33 bits per heavy atom. The van der Waals surface area contributed by atoms with E-state index in [1.54, 1.807) is 0 Å². The molecule has 1 N–H and O–H groups in total. The Balaban J connectivity index is 3.43. The van der Waals surface area contributed by atoms with Crippen LogP contribution in [-0.2, 0) is 6.18 Å². The van der Waals surface area contributed by atoms with Crippen molar-refractivity contribution < 1.29 is 23.1 Å². The fourth-order valence-corrected chi connectivity index (χ4v) is 1.25. The lowest BCUT2D eigenvalue weighted by atomic mass is 10.1. The van der Waals surface area contributed by atoms with Gasteiger partial charge in [0, 0.05) is 0 Å². The van der Waals surface area contributed by atoms with Gasteiger partial charge in [-0.2, -0.15) is 13.2 Å². The molecule has 0 unspecified atom stereocenters. The van der Waals surface area contributed by atoms with Gasteiger partial charge >= 0.3 is 6.18 Å². The van der Waals surface area contributed by atoms with E-state index in [1.807, 2.05) is 0 Å². The first-order chi connectivity index (χ1) is 6.73. The zero-order chi connectivity index (χ0) is 11.8. The number of benzene rings is 1. The monoisotopic (exact) mass is 238 g/mol. The summed E-state index contributed by atoms with van der Waals surface area (Å²) in [6.07, 6.45) is -4.60. The van der Waals surface area contributed by atoms with Crippen molar-refractivity contribution in [3.63, 3.8) is 0 Å². The van der Waals surface area contributed by atoms with Gasteiger partial charge in [-0.25, -0.2) is 0 Å². The summed E-state index contributed by atoms with van der Waals surface area (Å²) in [7, 11) is 0. The van der Waals surface area contributed by atoms with E-state index in [0.717, 1.165) is 6.92 Å². The molecular weight excluding hydrogens is 233 g/mol. The quantitative estimate of drug-likeness (QED) is 0.763. The Kier molecular flexibility index (Phi) is 2.95. The van der Waals surface area contributed by atoms with Gasteiger partial charge in [0.25, 0.3) is 0 Å². The molecule has 0 heterocycles. The van der Waals surface area contributed by atoms with Gasteiger partial charge < -0.3 is 5.11 Å². The molecule has 0 aliphatic carbocycles. The maximum atomic E-state index is 12.3. The number of alkyl halides is 3. The number of phenolic OH excluding ortho intramolecular Hbond substituents is 1. The van der Waals surface area contributed by atoms with Gasteiger partial charge in [0.2, 0.25) is 0 Å². The molecule has 0 atom stereocenters. The molecule has 1 aromatic rings. The Morgan fingerprint density at radius 2 is 1.93 bits per heavy atom. The summed E-state index contributed by atoms with van der Waals surface area (Å²) in [5.74, 6) is -1.31. The van der Waals surface area contributed by atoms with Crippen LogP contribution in [0, 0.1) is 0 Å². The third-order valence-corrected chi connectivity index (χ3v) is 2.06. The van der Waals surface area contributed by atoms with Crippen LogP contribution in [0.5, 0.6) is 5.75 Å². The van der Waals surface area contributed by atoms with Crippen LogP contribution in [-0.4, -0.2) is 10.9 Å². The Hall–Kier alpha value is -1.23. The van der Waals surface area contributed by atoms with Gasteiger partial charge in [-0.15, -0.1) is 0 Å². The van der Waals surface area contributed by atoms with E-state index in [0.29, 0.717) is 12.1 Å². The van der Waals surface area contributed by atoms with Crippen molar-refractivity contribution in [3.05, 3.63) is 28.3 Å². The van der Waals surface area contributed by atoms with Crippen molar-refractivity contribution in [2.24, 2.45) is 0 Å². The Bertz CT molecular complexity index is 413. The van der Waals surface area contributed by atoms with E-state index < -0.39 is 33.9 Å². The van der Waals surface area contributed by atoms with Crippen molar-refractivity contribution in [3.8, 4) is 5.75 Å². The first-order valence-electron chi connectivity index (χ1n) is 3.84. The summed E-state index contributed by atoms with van der Waals surface area (Å²) in [6, 6.07) is 1.15. The number of carbonyl (C=O) groups is 1. The molecule has 0 fully saturated rings. The molecule has 15 heavy (non-hydrogen) atoms. The lowest BCUT2D eigenvalue weighted by Crippen LogP contribution is -2.07. The molecule has 0 aliphatic heterocycles. The summed E-state index contributed by atoms with van der Waals surface area (Å²) in [6.45, 7) is 1.05. The molecule has 0 saturated carbocycles. The first kappa shape index (κ1) is 11.8. The highest BCUT2D eigenvalue weighted by Crippen LogP contribution is 2.36. The molecule has 1 rings (SSSR count). The smallest absolute Gasteiger partial charge is 0.416 e. The van der Waals surface area contributed by atoms with E-state index in [4.69, 9.17) is 11.6 Å². The van der Waals surface area contributed by atoms with Crippen LogP contribution >= 0.6 is 11.6 Å². The number of hydrogen-bond donors (Lipinski definition) is 1.